The molecule has 0 spiro atoms. The molecule has 136 valence electrons. The smallest absolute Gasteiger partial charge is 0.243 e. The van der Waals surface area contributed by atoms with E-state index >= 15 is 0 Å². The van der Waals surface area contributed by atoms with Crippen molar-refractivity contribution in [3.8, 4) is 5.75 Å². The zero-order chi connectivity index (χ0) is 16.9. The summed E-state index contributed by atoms with van der Waals surface area (Å²) in [6.07, 6.45) is 0. The SMILES string of the molecule is CCS(=O)(=O)Nc1ccc(NC(=O)C2COCCN2)cc1OC.Cl. The first-order valence-electron chi connectivity index (χ1n) is 7.25. The molecule has 1 aliphatic rings. The monoisotopic (exact) mass is 379 g/mol. The number of morpholine rings is 1. The number of nitrogens with one attached hydrogen (secondary N) is 3. The molecule has 0 radical (unpaired) electrons. The summed E-state index contributed by atoms with van der Waals surface area (Å²) < 4.78 is 36.2. The molecule has 24 heavy (non-hydrogen) atoms. The zero-order valence-corrected chi connectivity index (χ0v) is 15.1. The average molecular weight is 380 g/mol. The molecule has 1 atom stereocenters. The second kappa shape index (κ2) is 9.07. The van der Waals surface area contributed by atoms with Crippen LogP contribution in [0.3, 0.4) is 0 Å². The molecule has 1 aromatic carbocycles. The number of benzene rings is 1. The van der Waals surface area contributed by atoms with Gasteiger partial charge in [0.05, 0.1) is 31.8 Å². The third kappa shape index (κ3) is 5.52. The van der Waals surface area contributed by atoms with Crippen molar-refractivity contribution in [2.75, 3.05) is 42.7 Å². The van der Waals surface area contributed by atoms with Crippen LogP contribution in [0.5, 0.6) is 5.75 Å². The fraction of sp³-hybridized carbons (Fsp3) is 0.500. The standard InChI is InChI=1S/C14H21N3O5S.ClH/c1-3-23(19,20)17-11-5-4-10(8-13(11)21-2)16-14(18)12-9-22-7-6-15-12;/h4-5,8,12,15,17H,3,6-7,9H2,1-2H3,(H,16,18);1H. The summed E-state index contributed by atoms with van der Waals surface area (Å²) in [5.41, 5.74) is 0.838. The molecule has 1 aliphatic heterocycles. The van der Waals surface area contributed by atoms with E-state index in [-0.39, 0.29) is 24.1 Å². The summed E-state index contributed by atoms with van der Waals surface area (Å²) in [7, 11) is -1.97. The van der Waals surface area contributed by atoms with Crippen LogP contribution in [0, 0.1) is 0 Å². The molecule has 10 heteroatoms. The van der Waals surface area contributed by atoms with Gasteiger partial charge >= 0.3 is 0 Å². The minimum absolute atomic E-state index is 0. The van der Waals surface area contributed by atoms with E-state index in [2.05, 4.69) is 15.4 Å². The van der Waals surface area contributed by atoms with E-state index in [0.717, 1.165) is 0 Å². The van der Waals surface area contributed by atoms with Crippen LogP contribution in [0.4, 0.5) is 11.4 Å². The second-order valence-corrected chi connectivity index (χ2v) is 7.00. The Balaban J connectivity index is 0.00000288. The lowest BCUT2D eigenvalue weighted by Gasteiger charge is -2.23. The number of carbonyl (C=O) groups is 1. The van der Waals surface area contributed by atoms with Gasteiger partial charge in [0.25, 0.3) is 0 Å². The van der Waals surface area contributed by atoms with E-state index in [1.165, 1.54) is 7.11 Å². The van der Waals surface area contributed by atoms with Gasteiger partial charge in [-0.3, -0.25) is 9.52 Å². The fourth-order valence-corrected chi connectivity index (χ4v) is 2.70. The van der Waals surface area contributed by atoms with Crippen molar-refractivity contribution >= 4 is 39.7 Å². The first kappa shape index (κ1) is 20.5. The number of anilines is 2. The average Bonchev–Trinajstić information content (AvgIpc) is 2.56. The number of halogens is 1. The molecule has 1 unspecified atom stereocenters. The lowest BCUT2D eigenvalue weighted by atomic mass is 10.2. The van der Waals surface area contributed by atoms with Crippen molar-refractivity contribution in [2.45, 2.75) is 13.0 Å². The van der Waals surface area contributed by atoms with Crippen LogP contribution in [0.1, 0.15) is 6.92 Å². The Kier molecular flexibility index (Phi) is 7.74. The number of sulfonamides is 1. The van der Waals surface area contributed by atoms with Gasteiger partial charge < -0.3 is 20.1 Å². The number of ether oxygens (including phenoxy) is 2. The highest BCUT2D eigenvalue weighted by atomic mass is 35.5. The highest BCUT2D eigenvalue weighted by Gasteiger charge is 2.21. The third-order valence-electron chi connectivity index (χ3n) is 3.35. The molecule has 0 aliphatic carbocycles. The molecular weight excluding hydrogens is 358 g/mol. The van der Waals surface area contributed by atoms with Crippen LogP contribution in [-0.2, 0) is 19.6 Å². The maximum Gasteiger partial charge on any atom is 0.243 e. The van der Waals surface area contributed by atoms with Crippen LogP contribution >= 0.6 is 12.4 Å². The number of carbonyl (C=O) groups excluding carboxylic acids is 1. The summed E-state index contributed by atoms with van der Waals surface area (Å²) in [5.74, 6) is 0.0726. The third-order valence-corrected chi connectivity index (χ3v) is 4.64. The van der Waals surface area contributed by atoms with Crippen LogP contribution < -0.4 is 20.1 Å². The van der Waals surface area contributed by atoms with Gasteiger partial charge in [-0.2, -0.15) is 0 Å². The minimum Gasteiger partial charge on any atom is -0.494 e. The molecule has 1 heterocycles. The van der Waals surface area contributed by atoms with Gasteiger partial charge in [0.15, 0.2) is 0 Å². The Bertz CT molecular complexity index is 662. The maximum atomic E-state index is 12.1. The van der Waals surface area contributed by atoms with Crippen molar-refractivity contribution < 1.29 is 22.7 Å². The second-order valence-electron chi connectivity index (χ2n) is 4.99. The van der Waals surface area contributed by atoms with Gasteiger partial charge in [-0.15, -0.1) is 12.4 Å². The minimum atomic E-state index is -3.40. The first-order chi connectivity index (χ1) is 10.9. The largest absolute Gasteiger partial charge is 0.494 e. The zero-order valence-electron chi connectivity index (χ0n) is 13.5. The lowest BCUT2D eigenvalue weighted by molar-refractivity contribution is -0.120. The van der Waals surface area contributed by atoms with Gasteiger partial charge in [0, 0.05) is 18.3 Å². The van der Waals surface area contributed by atoms with Crippen LogP contribution in [0.2, 0.25) is 0 Å². The molecule has 0 saturated carbocycles. The summed E-state index contributed by atoms with van der Waals surface area (Å²) in [6.45, 7) is 3.07. The van der Waals surface area contributed by atoms with Crippen molar-refractivity contribution in [2.24, 2.45) is 0 Å². The Hall–Kier alpha value is -1.55. The van der Waals surface area contributed by atoms with Crippen LogP contribution in [-0.4, -0.2) is 53.0 Å². The van der Waals surface area contributed by atoms with Crippen LogP contribution in [0.25, 0.3) is 0 Å². The summed E-state index contributed by atoms with van der Waals surface area (Å²) in [5, 5.41) is 5.81. The Labute approximate surface area is 147 Å². The van der Waals surface area contributed by atoms with E-state index < -0.39 is 16.1 Å². The van der Waals surface area contributed by atoms with Gasteiger partial charge in [-0.25, -0.2) is 8.42 Å². The maximum absolute atomic E-state index is 12.1. The van der Waals surface area contributed by atoms with Gasteiger partial charge in [0.1, 0.15) is 11.8 Å². The Morgan fingerprint density at radius 3 is 2.79 bits per heavy atom. The molecule has 0 bridgehead atoms. The predicted molar refractivity (Wildman–Crippen MR) is 94.6 cm³/mol. The van der Waals surface area contributed by atoms with Crippen molar-refractivity contribution in [3.05, 3.63) is 18.2 Å². The Morgan fingerprint density at radius 1 is 1.46 bits per heavy atom. The van der Waals surface area contributed by atoms with Crippen LogP contribution in [0.15, 0.2) is 18.2 Å². The van der Waals surface area contributed by atoms with Gasteiger partial charge in [0.2, 0.25) is 15.9 Å². The molecule has 3 N–H and O–H groups in total. The van der Waals surface area contributed by atoms with Gasteiger partial charge in [-0.05, 0) is 19.1 Å². The molecular formula is C14H22ClN3O5S. The molecule has 8 nitrogen and oxygen atoms in total. The van der Waals surface area contributed by atoms with Gasteiger partial charge in [-0.1, -0.05) is 0 Å². The summed E-state index contributed by atoms with van der Waals surface area (Å²) in [4.78, 5) is 12.1. The van der Waals surface area contributed by atoms with Crippen molar-refractivity contribution in [1.29, 1.82) is 0 Å². The van der Waals surface area contributed by atoms with Crippen molar-refractivity contribution in [1.82, 2.24) is 5.32 Å². The molecule has 1 aromatic rings. The summed E-state index contributed by atoms with van der Waals surface area (Å²) >= 11 is 0. The predicted octanol–water partition coefficient (Wildman–Crippen LogP) is 0.805. The van der Waals surface area contributed by atoms with E-state index in [9.17, 15) is 13.2 Å². The highest BCUT2D eigenvalue weighted by Crippen LogP contribution is 2.29. The van der Waals surface area contributed by atoms with E-state index in [0.29, 0.717) is 36.9 Å². The number of hydrogen-bond acceptors (Lipinski definition) is 6. The van der Waals surface area contributed by atoms with Crippen molar-refractivity contribution in [3.63, 3.8) is 0 Å². The highest BCUT2D eigenvalue weighted by molar-refractivity contribution is 7.92. The lowest BCUT2D eigenvalue weighted by Crippen LogP contribution is -2.48. The number of amides is 1. The topological polar surface area (TPSA) is 106 Å². The Morgan fingerprint density at radius 2 is 2.21 bits per heavy atom. The van der Waals surface area contributed by atoms with E-state index in [1.807, 2.05) is 0 Å². The number of methoxy groups -OCH3 is 1. The number of rotatable bonds is 6. The molecule has 2 rings (SSSR count). The molecule has 1 amide bonds. The number of hydrogen-bond donors (Lipinski definition) is 3. The van der Waals surface area contributed by atoms with E-state index in [1.54, 1.807) is 25.1 Å². The quantitative estimate of drug-likeness (QED) is 0.675. The first-order valence-corrected chi connectivity index (χ1v) is 8.91. The molecule has 1 saturated heterocycles. The normalized spacial score (nSPS) is 17.5. The summed E-state index contributed by atoms with van der Waals surface area (Å²) in [6, 6.07) is 4.31. The van der Waals surface area contributed by atoms with E-state index in [4.69, 9.17) is 9.47 Å². The fourth-order valence-electron chi connectivity index (χ4n) is 2.06. The molecule has 1 fully saturated rings. The molecule has 0 aromatic heterocycles.